The molecule has 6 heteroatoms. The van der Waals surface area contributed by atoms with Gasteiger partial charge < -0.3 is 20.3 Å². The quantitative estimate of drug-likeness (QED) is 0.840. The van der Waals surface area contributed by atoms with Crippen molar-refractivity contribution in [1.29, 1.82) is 0 Å². The normalized spacial score (nSPS) is 14.6. The van der Waals surface area contributed by atoms with Crippen molar-refractivity contribution < 1.29 is 19.4 Å². The molecule has 1 aromatic carbocycles. The third-order valence-electron chi connectivity index (χ3n) is 2.38. The Hall–Kier alpha value is -1.46. The molecule has 94 valence electrons. The summed E-state index contributed by atoms with van der Waals surface area (Å²) in [6, 6.07) is 4.47. The van der Waals surface area contributed by atoms with Gasteiger partial charge in [-0.2, -0.15) is 0 Å². The van der Waals surface area contributed by atoms with Crippen LogP contribution in [0.25, 0.3) is 0 Å². The molecule has 0 spiro atoms. The lowest BCUT2D eigenvalue weighted by molar-refractivity contribution is -0.138. The van der Waals surface area contributed by atoms with Gasteiger partial charge in [0, 0.05) is 0 Å². The van der Waals surface area contributed by atoms with Crippen molar-refractivity contribution in [1.82, 2.24) is 0 Å². The van der Waals surface area contributed by atoms with Crippen LogP contribution in [-0.4, -0.2) is 30.3 Å². The molecule has 0 fully saturated rings. The highest BCUT2D eigenvalue weighted by Crippen LogP contribution is 2.30. The molecule has 0 radical (unpaired) electrons. The van der Waals surface area contributed by atoms with Crippen molar-refractivity contribution in [3.05, 3.63) is 23.8 Å². The smallest absolute Gasteiger partial charge is 0.320 e. The van der Waals surface area contributed by atoms with Gasteiger partial charge in [0.1, 0.15) is 19.3 Å². The van der Waals surface area contributed by atoms with Gasteiger partial charge in [-0.1, -0.05) is 6.07 Å². The maximum Gasteiger partial charge on any atom is 0.320 e. The fourth-order valence-electron chi connectivity index (χ4n) is 1.56. The Balaban J connectivity index is 0.00000144. The molecule has 1 heterocycles. The van der Waals surface area contributed by atoms with Gasteiger partial charge >= 0.3 is 5.97 Å². The van der Waals surface area contributed by atoms with Gasteiger partial charge in [0.25, 0.3) is 0 Å². The molecule has 1 aliphatic rings. The van der Waals surface area contributed by atoms with Gasteiger partial charge in [-0.25, -0.2) is 0 Å². The minimum atomic E-state index is -1.00. The Morgan fingerprint density at radius 1 is 1.35 bits per heavy atom. The fourth-order valence-corrected chi connectivity index (χ4v) is 1.56. The van der Waals surface area contributed by atoms with Crippen molar-refractivity contribution in [2.75, 3.05) is 13.2 Å². The van der Waals surface area contributed by atoms with E-state index in [1.165, 1.54) is 0 Å². The molecule has 1 atom stereocenters. The summed E-state index contributed by atoms with van der Waals surface area (Å²) in [5.41, 5.74) is 6.29. The van der Waals surface area contributed by atoms with Crippen molar-refractivity contribution in [3.8, 4) is 11.5 Å². The Morgan fingerprint density at radius 2 is 2.00 bits per heavy atom. The van der Waals surface area contributed by atoms with Crippen molar-refractivity contribution in [2.24, 2.45) is 5.73 Å². The Labute approximate surface area is 105 Å². The number of carboxylic acids is 1. The molecule has 2 rings (SSSR count). The van der Waals surface area contributed by atoms with Crippen LogP contribution < -0.4 is 15.2 Å². The zero-order valence-corrected chi connectivity index (χ0v) is 9.90. The van der Waals surface area contributed by atoms with Crippen LogP contribution >= 0.6 is 12.4 Å². The largest absolute Gasteiger partial charge is 0.486 e. The minimum absolute atomic E-state index is 0. The standard InChI is InChI=1S/C11H13NO4.ClH/c12-8(11(13)14)5-7-1-2-9-10(6-7)16-4-3-15-9;/h1-2,6,8H,3-5,12H2,(H,13,14);1H/t8-;/m0./s1. The highest BCUT2D eigenvalue weighted by atomic mass is 35.5. The lowest BCUT2D eigenvalue weighted by Crippen LogP contribution is -2.32. The maximum atomic E-state index is 10.6. The summed E-state index contributed by atoms with van der Waals surface area (Å²) in [5, 5.41) is 8.70. The van der Waals surface area contributed by atoms with Gasteiger partial charge in [-0.05, 0) is 24.1 Å². The Morgan fingerprint density at radius 3 is 2.65 bits per heavy atom. The molecule has 1 aromatic rings. The second kappa shape index (κ2) is 5.75. The van der Waals surface area contributed by atoms with Crippen LogP contribution in [0.15, 0.2) is 18.2 Å². The number of ether oxygens (including phenoxy) is 2. The predicted molar refractivity (Wildman–Crippen MR) is 64.0 cm³/mol. The predicted octanol–water partition coefficient (Wildman–Crippen LogP) is 0.834. The average Bonchev–Trinajstić information content (AvgIpc) is 2.28. The average molecular weight is 260 g/mol. The SMILES string of the molecule is Cl.N[C@@H](Cc1ccc2c(c1)OCCO2)C(=O)O. The molecule has 1 aliphatic heterocycles. The summed E-state index contributed by atoms with van der Waals surface area (Å²) in [5.74, 6) is 0.343. The Kier molecular flexibility index (Phi) is 4.60. The third-order valence-corrected chi connectivity index (χ3v) is 2.38. The first-order valence-corrected chi connectivity index (χ1v) is 5.04. The number of benzene rings is 1. The summed E-state index contributed by atoms with van der Waals surface area (Å²) in [7, 11) is 0. The van der Waals surface area contributed by atoms with E-state index < -0.39 is 12.0 Å². The molecule has 0 aromatic heterocycles. The number of aliphatic carboxylic acids is 1. The molecule has 3 N–H and O–H groups in total. The summed E-state index contributed by atoms with van der Waals surface area (Å²) < 4.78 is 10.8. The lowest BCUT2D eigenvalue weighted by Gasteiger charge is -2.19. The van der Waals surface area contributed by atoms with Crippen molar-refractivity contribution in [2.45, 2.75) is 12.5 Å². The first-order valence-electron chi connectivity index (χ1n) is 5.04. The van der Waals surface area contributed by atoms with Crippen LogP contribution in [0.4, 0.5) is 0 Å². The zero-order chi connectivity index (χ0) is 11.5. The van der Waals surface area contributed by atoms with E-state index in [0.29, 0.717) is 24.7 Å². The van der Waals surface area contributed by atoms with Gasteiger partial charge in [0.2, 0.25) is 0 Å². The van der Waals surface area contributed by atoms with Crippen molar-refractivity contribution in [3.63, 3.8) is 0 Å². The number of carboxylic acid groups (broad SMARTS) is 1. The molecule has 0 saturated heterocycles. The monoisotopic (exact) mass is 259 g/mol. The maximum absolute atomic E-state index is 10.6. The summed E-state index contributed by atoms with van der Waals surface area (Å²) in [6.07, 6.45) is 0.284. The Bertz CT molecular complexity index is 410. The molecule has 0 bridgehead atoms. The van der Waals surface area contributed by atoms with Crippen molar-refractivity contribution >= 4 is 18.4 Å². The van der Waals surface area contributed by atoms with E-state index in [-0.39, 0.29) is 18.8 Å². The molecule has 0 aliphatic carbocycles. The highest BCUT2D eigenvalue weighted by molar-refractivity contribution is 5.85. The summed E-state index contributed by atoms with van der Waals surface area (Å²) in [4.78, 5) is 10.6. The fraction of sp³-hybridized carbons (Fsp3) is 0.364. The summed E-state index contributed by atoms with van der Waals surface area (Å²) in [6.45, 7) is 1.06. The van der Waals surface area contributed by atoms with Gasteiger partial charge in [-0.15, -0.1) is 12.4 Å². The first kappa shape index (κ1) is 13.6. The third kappa shape index (κ3) is 3.25. The second-order valence-electron chi connectivity index (χ2n) is 3.63. The number of halogens is 1. The van der Waals surface area contributed by atoms with Crippen LogP contribution in [-0.2, 0) is 11.2 Å². The van der Waals surface area contributed by atoms with Gasteiger partial charge in [0.15, 0.2) is 11.5 Å². The number of fused-ring (bicyclic) bond motifs is 1. The van der Waals surface area contributed by atoms with E-state index in [4.69, 9.17) is 20.3 Å². The van der Waals surface area contributed by atoms with E-state index in [9.17, 15) is 4.79 Å². The summed E-state index contributed by atoms with van der Waals surface area (Å²) >= 11 is 0. The molecule has 5 nitrogen and oxygen atoms in total. The first-order chi connectivity index (χ1) is 7.66. The van der Waals surface area contributed by atoms with E-state index >= 15 is 0 Å². The second-order valence-corrected chi connectivity index (χ2v) is 3.63. The van der Waals surface area contributed by atoms with Gasteiger partial charge in [-0.3, -0.25) is 4.79 Å². The molecule has 17 heavy (non-hydrogen) atoms. The molecule has 0 unspecified atom stereocenters. The van der Waals surface area contributed by atoms with Crippen LogP contribution in [0.2, 0.25) is 0 Å². The zero-order valence-electron chi connectivity index (χ0n) is 9.09. The number of rotatable bonds is 3. The molecular weight excluding hydrogens is 246 g/mol. The molecule has 0 saturated carbocycles. The van der Waals surface area contributed by atoms with Crippen LogP contribution in [0.1, 0.15) is 5.56 Å². The minimum Gasteiger partial charge on any atom is -0.486 e. The molecular formula is C11H14ClNO4. The lowest BCUT2D eigenvalue weighted by atomic mass is 10.1. The van der Waals surface area contributed by atoms with E-state index in [0.717, 1.165) is 5.56 Å². The number of carbonyl (C=O) groups is 1. The topological polar surface area (TPSA) is 81.8 Å². The highest BCUT2D eigenvalue weighted by Gasteiger charge is 2.15. The van der Waals surface area contributed by atoms with Crippen LogP contribution in [0.5, 0.6) is 11.5 Å². The van der Waals surface area contributed by atoms with Crippen LogP contribution in [0.3, 0.4) is 0 Å². The molecule has 0 amide bonds. The van der Waals surface area contributed by atoms with Gasteiger partial charge in [0.05, 0.1) is 0 Å². The number of hydrogen-bond acceptors (Lipinski definition) is 4. The van der Waals surface area contributed by atoms with E-state index in [1.54, 1.807) is 18.2 Å². The number of hydrogen-bond donors (Lipinski definition) is 2. The van der Waals surface area contributed by atoms with E-state index in [2.05, 4.69) is 0 Å². The van der Waals surface area contributed by atoms with E-state index in [1.807, 2.05) is 0 Å². The van der Waals surface area contributed by atoms with Crippen LogP contribution in [0, 0.1) is 0 Å². The number of nitrogens with two attached hydrogens (primary N) is 1.